The smallest absolute Gasteiger partial charge is 0.420 e. The zero-order chi connectivity index (χ0) is 17.2. The minimum atomic E-state index is -6.40. The normalized spacial score (nSPS) is 20.5. The second kappa shape index (κ2) is 6.47. The third kappa shape index (κ3) is 4.22. The van der Waals surface area contributed by atoms with Crippen LogP contribution < -0.4 is 4.52 Å². The molecule has 0 aliphatic heterocycles. The quantitative estimate of drug-likeness (QED) is 0.607. The van der Waals surface area contributed by atoms with E-state index in [1.165, 1.54) is 18.2 Å². The van der Waals surface area contributed by atoms with Crippen molar-refractivity contribution in [2.24, 2.45) is 0 Å². The Morgan fingerprint density at radius 3 is 1.95 bits per heavy atom. The van der Waals surface area contributed by atoms with E-state index in [0.29, 0.717) is 7.11 Å². The largest absolute Gasteiger partial charge is 0.479 e. The Morgan fingerprint density at radius 1 is 1.00 bits per heavy atom. The lowest BCUT2D eigenvalue weighted by atomic mass is 10.3. The second-order valence-electron chi connectivity index (χ2n) is 3.69. The van der Waals surface area contributed by atoms with Crippen LogP contribution in [0.3, 0.4) is 0 Å². The molecular weight excluding hydrogens is 371 g/mol. The number of alkyl halides is 2. The Hall–Kier alpha value is -0.630. The van der Waals surface area contributed by atoms with E-state index >= 15 is 0 Å². The van der Waals surface area contributed by atoms with Gasteiger partial charge in [-0.3, -0.25) is 9.09 Å². The minimum Gasteiger partial charge on any atom is -0.420 e. The maximum absolute atomic E-state index is 13.8. The molecule has 3 atom stereocenters. The van der Waals surface area contributed by atoms with E-state index in [0.717, 1.165) is 12.1 Å². The van der Waals surface area contributed by atoms with E-state index in [1.54, 1.807) is 0 Å². The molecule has 3 unspecified atom stereocenters. The van der Waals surface area contributed by atoms with Crippen molar-refractivity contribution in [1.82, 2.24) is 0 Å². The van der Waals surface area contributed by atoms with Gasteiger partial charge in [0.2, 0.25) is 0 Å². The van der Waals surface area contributed by atoms with Gasteiger partial charge in [-0.05, 0) is 12.1 Å². The zero-order valence-corrected chi connectivity index (χ0v) is 13.5. The van der Waals surface area contributed by atoms with Crippen LogP contribution in [0.4, 0.5) is 8.78 Å². The summed E-state index contributed by atoms with van der Waals surface area (Å²) in [5.41, 5.74) is 0. The van der Waals surface area contributed by atoms with Gasteiger partial charge in [0, 0.05) is 7.11 Å². The van der Waals surface area contributed by atoms with Gasteiger partial charge in [0.15, 0.2) is 0 Å². The lowest BCUT2D eigenvalue weighted by Gasteiger charge is -2.26. The molecule has 0 fully saturated rings. The van der Waals surface area contributed by atoms with E-state index < -0.39 is 34.2 Å². The molecule has 0 aromatic heterocycles. The fourth-order valence-corrected chi connectivity index (χ4v) is 5.09. The Morgan fingerprint density at radius 2 is 1.50 bits per heavy atom. The Labute approximate surface area is 123 Å². The van der Waals surface area contributed by atoms with Gasteiger partial charge in [0.25, 0.3) is 0 Å². The van der Waals surface area contributed by atoms with E-state index in [9.17, 15) is 27.4 Å². The molecule has 1 aromatic carbocycles. The molecule has 0 spiro atoms. The third-order valence-electron chi connectivity index (χ3n) is 2.10. The lowest BCUT2D eigenvalue weighted by Crippen LogP contribution is -2.21. The van der Waals surface area contributed by atoms with Crippen LogP contribution in [0.5, 0.6) is 5.75 Å². The first-order valence-corrected chi connectivity index (χ1v) is 9.88. The Kier molecular flexibility index (Phi) is 5.71. The summed E-state index contributed by atoms with van der Waals surface area (Å²) < 4.78 is 72.7. The van der Waals surface area contributed by atoms with Crippen LogP contribution in [0, 0.1) is 0 Å². The Balaban J connectivity index is 3.12. The van der Waals surface area contributed by atoms with Crippen molar-refractivity contribution < 1.29 is 50.5 Å². The maximum Gasteiger partial charge on any atom is 0.479 e. The van der Waals surface area contributed by atoms with Crippen LogP contribution in [-0.2, 0) is 22.5 Å². The maximum atomic E-state index is 13.8. The van der Waals surface area contributed by atoms with Crippen molar-refractivity contribution in [3.63, 3.8) is 0 Å². The molecule has 0 saturated heterocycles. The first kappa shape index (κ1) is 19.4. The number of rotatable bonds is 7. The third-order valence-corrected chi connectivity index (χ3v) is 7.60. The number of hydrogen-bond donors (Lipinski definition) is 3. The molecule has 1 aromatic rings. The summed E-state index contributed by atoms with van der Waals surface area (Å²) in [6.45, 7) is 0. The van der Waals surface area contributed by atoms with E-state index in [1.807, 2.05) is 0 Å². The molecule has 14 heteroatoms. The molecule has 0 saturated carbocycles. The average molecular weight is 382 g/mol. The monoisotopic (exact) mass is 382 g/mol. The summed E-state index contributed by atoms with van der Waals surface area (Å²) in [6, 6.07) is 6.10. The van der Waals surface area contributed by atoms with E-state index in [2.05, 4.69) is 13.4 Å². The van der Waals surface area contributed by atoms with Gasteiger partial charge >= 0.3 is 28.4 Å². The number of phosphoric ester groups is 1. The number of hydrogen-bond acceptors (Lipinski definition) is 6. The van der Waals surface area contributed by atoms with Gasteiger partial charge < -0.3 is 19.2 Å². The predicted molar refractivity (Wildman–Crippen MR) is 69.6 cm³/mol. The number of benzene rings is 1. The lowest BCUT2D eigenvalue weighted by molar-refractivity contribution is 0.104. The van der Waals surface area contributed by atoms with Crippen LogP contribution in [0.2, 0.25) is 0 Å². The van der Waals surface area contributed by atoms with Crippen molar-refractivity contribution in [2.45, 2.75) is 5.40 Å². The van der Waals surface area contributed by atoms with Crippen molar-refractivity contribution in [2.75, 3.05) is 7.11 Å². The summed E-state index contributed by atoms with van der Waals surface area (Å²) in [7, 11) is -17.3. The number of para-hydroxylation sites is 1. The van der Waals surface area contributed by atoms with Gasteiger partial charge in [0.1, 0.15) is 5.75 Å². The Bertz CT molecular complexity index is 664. The molecule has 0 aliphatic carbocycles. The highest BCUT2D eigenvalue weighted by Gasteiger charge is 2.69. The van der Waals surface area contributed by atoms with E-state index in [4.69, 9.17) is 9.79 Å². The van der Waals surface area contributed by atoms with Crippen LogP contribution in [0.25, 0.3) is 0 Å². The van der Waals surface area contributed by atoms with Gasteiger partial charge in [0.05, 0.1) is 0 Å². The molecule has 0 amide bonds. The van der Waals surface area contributed by atoms with Crippen molar-refractivity contribution in [3.05, 3.63) is 30.3 Å². The first-order chi connectivity index (χ1) is 9.85. The standard InChI is InChI=1S/C8H11F2O9P3/c1-17-22(15,16)19-21(13,14)8(9,10)20(11,12)18-7-5-3-2-4-6-7/h2-6H,1H3,(H,11,12)(H,13,14)(H,15,16). The van der Waals surface area contributed by atoms with Crippen LogP contribution in [0.15, 0.2) is 30.3 Å². The molecule has 126 valence electrons. The van der Waals surface area contributed by atoms with Gasteiger partial charge in [-0.15, -0.1) is 0 Å². The van der Waals surface area contributed by atoms with Crippen molar-refractivity contribution >= 4 is 23.0 Å². The number of phosphoric acid groups is 1. The molecule has 1 rings (SSSR count). The summed E-state index contributed by atoms with van der Waals surface area (Å²) >= 11 is 0. The molecule has 22 heavy (non-hydrogen) atoms. The van der Waals surface area contributed by atoms with Gasteiger partial charge in [-0.25, -0.2) is 13.4 Å². The van der Waals surface area contributed by atoms with Crippen molar-refractivity contribution in [1.29, 1.82) is 0 Å². The predicted octanol–water partition coefficient (Wildman–Crippen LogP) is 2.75. The summed E-state index contributed by atoms with van der Waals surface area (Å²) in [4.78, 5) is 27.2. The highest BCUT2D eigenvalue weighted by Crippen LogP contribution is 2.78. The molecule has 0 radical (unpaired) electrons. The van der Waals surface area contributed by atoms with Gasteiger partial charge in [-0.1, -0.05) is 18.2 Å². The molecule has 0 aliphatic rings. The SMILES string of the molecule is COP(=O)(O)OP(=O)(O)C(F)(F)P(=O)(O)Oc1ccccc1. The summed E-state index contributed by atoms with van der Waals surface area (Å²) in [5.74, 6) is -0.494. The van der Waals surface area contributed by atoms with Crippen LogP contribution in [-0.4, -0.2) is 27.2 Å². The summed E-state index contributed by atoms with van der Waals surface area (Å²) in [5, 5.41) is -5.38. The highest BCUT2D eigenvalue weighted by molar-refractivity contribution is 7.76. The average Bonchev–Trinajstić information content (AvgIpc) is 2.37. The van der Waals surface area contributed by atoms with Crippen LogP contribution in [0.1, 0.15) is 0 Å². The molecular formula is C8H11F2O9P3. The summed E-state index contributed by atoms with van der Waals surface area (Å²) in [6.07, 6.45) is 0. The number of halogens is 2. The van der Waals surface area contributed by atoms with Crippen LogP contribution >= 0.6 is 23.0 Å². The molecule has 9 nitrogen and oxygen atoms in total. The zero-order valence-electron chi connectivity index (χ0n) is 10.8. The van der Waals surface area contributed by atoms with Crippen molar-refractivity contribution in [3.8, 4) is 5.75 Å². The second-order valence-corrected chi connectivity index (χ2v) is 9.38. The topological polar surface area (TPSA) is 140 Å². The van der Waals surface area contributed by atoms with E-state index in [-0.39, 0.29) is 0 Å². The molecule has 0 bridgehead atoms. The first-order valence-electron chi connectivity index (χ1n) is 5.23. The highest BCUT2D eigenvalue weighted by atomic mass is 31.3. The van der Waals surface area contributed by atoms with Gasteiger partial charge in [-0.2, -0.15) is 8.78 Å². The fraction of sp³-hybridized carbons (Fsp3) is 0.250. The molecule has 0 heterocycles. The fourth-order valence-electron chi connectivity index (χ4n) is 1.06. The minimum absolute atomic E-state index is 0.494. The molecule has 3 N–H and O–H groups in total.